The Kier molecular flexibility index (Phi) is 2.88. The predicted molar refractivity (Wildman–Crippen MR) is 73.5 cm³/mol. The molecule has 0 bridgehead atoms. The smallest absolute Gasteiger partial charge is 0.136 e. The van der Waals surface area contributed by atoms with Gasteiger partial charge in [0.05, 0.1) is 0 Å². The van der Waals surface area contributed by atoms with E-state index in [1.165, 1.54) is 38.5 Å². The zero-order chi connectivity index (χ0) is 12.6. The zero-order valence-corrected chi connectivity index (χ0v) is 11.1. The largest absolute Gasteiger partial charge is 0.384 e. The molecular formula is C14H22N4. The molecule has 18 heavy (non-hydrogen) atoms. The Morgan fingerprint density at radius 1 is 1.39 bits per heavy atom. The van der Waals surface area contributed by atoms with Gasteiger partial charge in [0.2, 0.25) is 0 Å². The standard InChI is InChI=1S/C14H22N4/c1-2-14(6-3-7-14)9-16-12-8-11(15)17-13(18-12)10-4-5-10/h8,10H,2-7,9H2,1H3,(H3,15,16,17,18). The molecule has 98 valence electrons. The van der Waals surface area contributed by atoms with Gasteiger partial charge in [-0.25, -0.2) is 9.97 Å². The molecule has 0 aromatic carbocycles. The van der Waals surface area contributed by atoms with E-state index in [4.69, 9.17) is 5.73 Å². The van der Waals surface area contributed by atoms with Crippen molar-refractivity contribution in [1.82, 2.24) is 9.97 Å². The van der Waals surface area contributed by atoms with Crippen molar-refractivity contribution in [3.63, 3.8) is 0 Å². The lowest BCUT2D eigenvalue weighted by molar-refractivity contribution is 0.145. The summed E-state index contributed by atoms with van der Waals surface area (Å²) in [5.41, 5.74) is 6.35. The fraction of sp³-hybridized carbons (Fsp3) is 0.714. The highest BCUT2D eigenvalue weighted by molar-refractivity contribution is 5.45. The molecule has 2 aliphatic rings. The van der Waals surface area contributed by atoms with Gasteiger partial charge in [-0.2, -0.15) is 0 Å². The maximum absolute atomic E-state index is 5.85. The Hall–Kier alpha value is -1.32. The molecular weight excluding hydrogens is 224 g/mol. The minimum Gasteiger partial charge on any atom is -0.384 e. The summed E-state index contributed by atoms with van der Waals surface area (Å²) in [5, 5.41) is 3.47. The predicted octanol–water partition coefficient (Wildman–Crippen LogP) is 2.93. The lowest BCUT2D eigenvalue weighted by atomic mass is 9.67. The van der Waals surface area contributed by atoms with E-state index in [1.54, 1.807) is 0 Å². The highest BCUT2D eigenvalue weighted by Crippen LogP contribution is 2.44. The van der Waals surface area contributed by atoms with E-state index in [0.717, 1.165) is 18.2 Å². The molecule has 2 aliphatic carbocycles. The third kappa shape index (κ3) is 2.28. The van der Waals surface area contributed by atoms with Crippen molar-refractivity contribution in [3.05, 3.63) is 11.9 Å². The summed E-state index contributed by atoms with van der Waals surface area (Å²) in [4.78, 5) is 8.91. The van der Waals surface area contributed by atoms with Crippen molar-refractivity contribution in [2.24, 2.45) is 5.41 Å². The number of rotatable bonds is 5. The number of aromatic nitrogens is 2. The molecule has 0 spiro atoms. The van der Waals surface area contributed by atoms with Crippen LogP contribution in [0.15, 0.2) is 6.07 Å². The van der Waals surface area contributed by atoms with Crippen LogP contribution in [0.5, 0.6) is 0 Å². The fourth-order valence-electron chi connectivity index (χ4n) is 2.71. The van der Waals surface area contributed by atoms with E-state index in [0.29, 0.717) is 17.2 Å². The number of hydrogen-bond donors (Lipinski definition) is 2. The number of anilines is 2. The number of nitrogens with one attached hydrogen (secondary N) is 1. The minimum absolute atomic E-state index is 0.499. The molecule has 1 aromatic rings. The van der Waals surface area contributed by atoms with E-state index in [-0.39, 0.29) is 0 Å². The SMILES string of the molecule is CCC1(CNc2cc(N)nc(C3CC3)n2)CCC1. The summed E-state index contributed by atoms with van der Waals surface area (Å²) in [5.74, 6) is 2.98. The molecule has 2 saturated carbocycles. The first-order valence-corrected chi connectivity index (χ1v) is 7.09. The molecule has 0 atom stereocenters. The van der Waals surface area contributed by atoms with E-state index < -0.39 is 0 Å². The molecule has 1 heterocycles. The van der Waals surface area contributed by atoms with Crippen LogP contribution in [0, 0.1) is 5.41 Å². The van der Waals surface area contributed by atoms with Gasteiger partial charge in [0.25, 0.3) is 0 Å². The van der Waals surface area contributed by atoms with Crippen molar-refractivity contribution in [2.45, 2.75) is 51.4 Å². The highest BCUT2D eigenvalue weighted by Gasteiger charge is 2.35. The van der Waals surface area contributed by atoms with Gasteiger partial charge in [-0.15, -0.1) is 0 Å². The van der Waals surface area contributed by atoms with Crippen molar-refractivity contribution >= 4 is 11.6 Å². The molecule has 0 saturated heterocycles. The molecule has 2 fully saturated rings. The fourth-order valence-corrected chi connectivity index (χ4v) is 2.71. The van der Waals surface area contributed by atoms with Crippen LogP contribution in [0.3, 0.4) is 0 Å². The Bertz CT molecular complexity index is 430. The Labute approximate surface area is 108 Å². The Balaban J connectivity index is 1.68. The maximum atomic E-state index is 5.85. The van der Waals surface area contributed by atoms with Crippen LogP contribution in [-0.4, -0.2) is 16.5 Å². The average Bonchev–Trinajstić information content (AvgIpc) is 3.11. The molecule has 3 rings (SSSR count). The topological polar surface area (TPSA) is 63.8 Å². The molecule has 4 nitrogen and oxygen atoms in total. The molecule has 3 N–H and O–H groups in total. The summed E-state index contributed by atoms with van der Waals surface area (Å²) >= 11 is 0. The third-order valence-electron chi connectivity index (χ3n) is 4.51. The van der Waals surface area contributed by atoms with Gasteiger partial charge in [0, 0.05) is 18.5 Å². The van der Waals surface area contributed by atoms with Crippen LogP contribution in [0.2, 0.25) is 0 Å². The van der Waals surface area contributed by atoms with Crippen molar-refractivity contribution in [2.75, 3.05) is 17.6 Å². The van der Waals surface area contributed by atoms with Crippen LogP contribution in [0.25, 0.3) is 0 Å². The normalized spacial score (nSPS) is 21.4. The van der Waals surface area contributed by atoms with Gasteiger partial charge >= 0.3 is 0 Å². The van der Waals surface area contributed by atoms with Crippen LogP contribution < -0.4 is 11.1 Å². The van der Waals surface area contributed by atoms with Gasteiger partial charge in [0.1, 0.15) is 17.5 Å². The third-order valence-corrected chi connectivity index (χ3v) is 4.51. The lowest BCUT2D eigenvalue weighted by Crippen LogP contribution is -2.36. The zero-order valence-electron chi connectivity index (χ0n) is 11.1. The molecule has 0 unspecified atom stereocenters. The molecule has 4 heteroatoms. The molecule has 1 aromatic heterocycles. The summed E-state index contributed by atoms with van der Waals surface area (Å²) in [7, 11) is 0. The lowest BCUT2D eigenvalue weighted by Gasteiger charge is -2.41. The van der Waals surface area contributed by atoms with Crippen LogP contribution in [-0.2, 0) is 0 Å². The van der Waals surface area contributed by atoms with Gasteiger partial charge in [0.15, 0.2) is 0 Å². The Morgan fingerprint density at radius 3 is 2.72 bits per heavy atom. The first-order chi connectivity index (χ1) is 8.71. The quantitative estimate of drug-likeness (QED) is 0.838. The number of nitrogens with two attached hydrogens (primary N) is 1. The number of nitrogen functional groups attached to an aromatic ring is 1. The highest BCUT2D eigenvalue weighted by atomic mass is 15.1. The van der Waals surface area contributed by atoms with Gasteiger partial charge in [-0.3, -0.25) is 0 Å². The van der Waals surface area contributed by atoms with Gasteiger partial charge < -0.3 is 11.1 Å². The second kappa shape index (κ2) is 4.41. The second-order valence-corrected chi connectivity index (χ2v) is 5.87. The monoisotopic (exact) mass is 246 g/mol. The Morgan fingerprint density at radius 2 is 2.17 bits per heavy atom. The van der Waals surface area contributed by atoms with Crippen molar-refractivity contribution < 1.29 is 0 Å². The summed E-state index contributed by atoms with van der Waals surface area (Å²) in [6, 6.07) is 1.86. The van der Waals surface area contributed by atoms with E-state index in [1.807, 2.05) is 6.07 Å². The average molecular weight is 246 g/mol. The second-order valence-electron chi connectivity index (χ2n) is 5.87. The van der Waals surface area contributed by atoms with Crippen LogP contribution in [0.4, 0.5) is 11.6 Å². The first-order valence-electron chi connectivity index (χ1n) is 7.09. The molecule has 0 radical (unpaired) electrons. The van der Waals surface area contributed by atoms with Gasteiger partial charge in [-0.05, 0) is 37.5 Å². The molecule has 0 amide bonds. The van der Waals surface area contributed by atoms with E-state index in [9.17, 15) is 0 Å². The maximum Gasteiger partial charge on any atom is 0.136 e. The minimum atomic E-state index is 0.499. The summed E-state index contributed by atoms with van der Waals surface area (Å²) in [6.07, 6.45) is 7.72. The number of hydrogen-bond acceptors (Lipinski definition) is 4. The first kappa shape index (κ1) is 11.8. The van der Waals surface area contributed by atoms with Crippen molar-refractivity contribution in [1.29, 1.82) is 0 Å². The van der Waals surface area contributed by atoms with E-state index >= 15 is 0 Å². The summed E-state index contributed by atoms with van der Waals surface area (Å²) < 4.78 is 0. The van der Waals surface area contributed by atoms with Crippen LogP contribution >= 0.6 is 0 Å². The number of nitrogens with zero attached hydrogens (tertiary/aromatic N) is 2. The van der Waals surface area contributed by atoms with Gasteiger partial charge in [-0.1, -0.05) is 13.3 Å². The van der Waals surface area contributed by atoms with E-state index in [2.05, 4.69) is 22.2 Å². The molecule has 0 aliphatic heterocycles. The van der Waals surface area contributed by atoms with Crippen molar-refractivity contribution in [3.8, 4) is 0 Å². The summed E-state index contributed by atoms with van der Waals surface area (Å²) in [6.45, 7) is 3.30. The van der Waals surface area contributed by atoms with Crippen LogP contribution in [0.1, 0.15) is 57.2 Å².